The highest BCUT2D eigenvalue weighted by Crippen LogP contribution is 2.29. The number of halogens is 3. The van der Waals surface area contributed by atoms with Crippen LogP contribution in [0.1, 0.15) is 28.0 Å². The molecule has 7 nitrogen and oxygen atoms in total. The number of carbonyl (C=O) groups excluding carboxylic acids is 2. The van der Waals surface area contributed by atoms with Crippen molar-refractivity contribution in [1.82, 2.24) is 14.8 Å². The van der Waals surface area contributed by atoms with E-state index in [4.69, 9.17) is 9.47 Å². The van der Waals surface area contributed by atoms with Gasteiger partial charge in [-0.3, -0.25) is 0 Å². The lowest BCUT2D eigenvalue weighted by atomic mass is 10.2. The quantitative estimate of drug-likeness (QED) is 0.784. The third kappa shape index (κ3) is 3.32. The van der Waals surface area contributed by atoms with Crippen molar-refractivity contribution in [3.05, 3.63) is 41.3 Å². The number of rotatable bonds is 3. The average Bonchev–Trinajstić information content (AvgIpc) is 3.13. The van der Waals surface area contributed by atoms with E-state index in [2.05, 4.69) is 10.1 Å². The molecule has 1 aliphatic rings. The van der Waals surface area contributed by atoms with Crippen molar-refractivity contribution in [3.63, 3.8) is 0 Å². The van der Waals surface area contributed by atoms with Crippen LogP contribution in [0.5, 0.6) is 0 Å². The van der Waals surface area contributed by atoms with Crippen LogP contribution in [-0.2, 0) is 20.4 Å². The summed E-state index contributed by atoms with van der Waals surface area (Å²) in [7, 11) is 0. The lowest BCUT2D eigenvalue weighted by molar-refractivity contribution is -0.145. The second-order valence-electron chi connectivity index (χ2n) is 5.31. The molecule has 1 aliphatic heterocycles. The van der Waals surface area contributed by atoms with E-state index in [9.17, 15) is 22.8 Å². The monoisotopic (exact) mass is 355 g/mol. The summed E-state index contributed by atoms with van der Waals surface area (Å²) in [6.45, 7) is 1.72. The van der Waals surface area contributed by atoms with Crippen molar-refractivity contribution in [1.29, 1.82) is 0 Å². The van der Waals surface area contributed by atoms with Crippen LogP contribution < -0.4 is 0 Å². The highest BCUT2D eigenvalue weighted by molar-refractivity contribution is 5.92. The molecule has 10 heteroatoms. The Balaban J connectivity index is 1.81. The van der Waals surface area contributed by atoms with Gasteiger partial charge in [-0.15, -0.1) is 0 Å². The molecule has 0 amide bonds. The van der Waals surface area contributed by atoms with Gasteiger partial charge in [0.2, 0.25) is 6.10 Å². The molecule has 0 bridgehead atoms. The number of carbonyl (C=O) groups is 2. The van der Waals surface area contributed by atoms with E-state index < -0.39 is 29.8 Å². The van der Waals surface area contributed by atoms with Crippen molar-refractivity contribution < 1.29 is 32.2 Å². The van der Waals surface area contributed by atoms with E-state index >= 15 is 0 Å². The van der Waals surface area contributed by atoms with Gasteiger partial charge in [0.1, 0.15) is 5.56 Å². The van der Waals surface area contributed by atoms with Crippen molar-refractivity contribution >= 4 is 11.9 Å². The predicted octanol–water partition coefficient (Wildman–Crippen LogP) is 2.07. The summed E-state index contributed by atoms with van der Waals surface area (Å²) in [4.78, 5) is 27.2. The fraction of sp³-hybridized carbons (Fsp3) is 0.333. The third-order valence-corrected chi connectivity index (χ3v) is 3.66. The second-order valence-corrected chi connectivity index (χ2v) is 5.31. The molecular weight excluding hydrogens is 343 g/mol. The summed E-state index contributed by atoms with van der Waals surface area (Å²) < 4.78 is 48.7. The molecule has 0 aromatic carbocycles. The van der Waals surface area contributed by atoms with Gasteiger partial charge in [-0.25, -0.2) is 19.3 Å². The van der Waals surface area contributed by atoms with Crippen molar-refractivity contribution in [3.8, 4) is 5.82 Å². The number of hydrogen-bond donors (Lipinski definition) is 0. The van der Waals surface area contributed by atoms with Crippen LogP contribution in [0, 0.1) is 6.92 Å². The Hall–Kier alpha value is -2.91. The molecule has 3 heterocycles. The normalized spacial score (nSPS) is 17.4. The highest BCUT2D eigenvalue weighted by atomic mass is 19.4. The zero-order valence-corrected chi connectivity index (χ0v) is 12.9. The number of pyridine rings is 1. The Bertz CT molecular complexity index is 814. The van der Waals surface area contributed by atoms with E-state index in [1.807, 2.05) is 0 Å². The number of ether oxygens (including phenoxy) is 2. The molecule has 1 fully saturated rings. The molecule has 132 valence electrons. The molecule has 0 aliphatic carbocycles. The van der Waals surface area contributed by atoms with Gasteiger partial charge in [0.25, 0.3) is 0 Å². The molecule has 2 aromatic rings. The van der Waals surface area contributed by atoms with Gasteiger partial charge in [0.05, 0.1) is 24.1 Å². The van der Waals surface area contributed by atoms with E-state index in [-0.39, 0.29) is 24.4 Å². The SMILES string of the molecule is Cc1c(C(=O)O[C@H]2CCOC2=O)cnn1-c1ccc(C(F)(F)F)cn1. The Kier molecular flexibility index (Phi) is 4.19. The largest absolute Gasteiger partial charge is 0.463 e. The fourth-order valence-corrected chi connectivity index (χ4v) is 2.30. The molecule has 0 saturated carbocycles. The van der Waals surface area contributed by atoms with Crippen LogP contribution in [-0.4, -0.2) is 39.4 Å². The molecule has 25 heavy (non-hydrogen) atoms. The van der Waals surface area contributed by atoms with Crippen LogP contribution in [0.2, 0.25) is 0 Å². The lowest BCUT2D eigenvalue weighted by Gasteiger charge is -2.09. The fourth-order valence-electron chi connectivity index (χ4n) is 2.30. The minimum atomic E-state index is -4.49. The Labute approximate surface area is 139 Å². The summed E-state index contributed by atoms with van der Waals surface area (Å²) in [5.41, 5.74) is -0.481. The summed E-state index contributed by atoms with van der Waals surface area (Å²) in [5, 5.41) is 3.95. The summed E-state index contributed by atoms with van der Waals surface area (Å²) in [5.74, 6) is -1.26. The standard InChI is InChI=1S/C15H12F3N3O4/c1-8-10(13(22)25-11-4-5-24-14(11)23)7-20-21(8)12-3-2-9(6-19-12)15(16,17)18/h2-3,6-7,11H,4-5H2,1H3/t11-/m0/s1. The second kappa shape index (κ2) is 6.19. The van der Waals surface area contributed by atoms with Gasteiger partial charge >= 0.3 is 18.1 Å². The van der Waals surface area contributed by atoms with Gasteiger partial charge in [-0.2, -0.15) is 18.3 Å². The molecule has 1 saturated heterocycles. The van der Waals surface area contributed by atoms with Crippen LogP contribution in [0.3, 0.4) is 0 Å². The first-order valence-corrected chi connectivity index (χ1v) is 7.23. The average molecular weight is 355 g/mol. The zero-order valence-electron chi connectivity index (χ0n) is 12.9. The van der Waals surface area contributed by atoms with Crippen LogP contribution in [0.15, 0.2) is 24.5 Å². The Morgan fingerprint density at radius 1 is 1.36 bits per heavy atom. The van der Waals surface area contributed by atoms with Crippen molar-refractivity contribution in [2.75, 3.05) is 6.61 Å². The van der Waals surface area contributed by atoms with Crippen molar-refractivity contribution in [2.45, 2.75) is 25.6 Å². The first-order valence-electron chi connectivity index (χ1n) is 7.23. The molecule has 0 N–H and O–H groups in total. The minimum Gasteiger partial charge on any atom is -0.463 e. The van der Waals surface area contributed by atoms with Crippen LogP contribution in [0.4, 0.5) is 13.2 Å². The maximum absolute atomic E-state index is 12.6. The van der Waals surface area contributed by atoms with E-state index in [1.54, 1.807) is 0 Å². The minimum absolute atomic E-state index is 0.0846. The lowest BCUT2D eigenvalue weighted by Crippen LogP contribution is -2.23. The van der Waals surface area contributed by atoms with Gasteiger partial charge in [0.15, 0.2) is 5.82 Å². The smallest absolute Gasteiger partial charge is 0.417 e. The maximum atomic E-state index is 12.6. The summed E-state index contributed by atoms with van der Waals surface area (Å²) in [6, 6.07) is 2.02. The van der Waals surface area contributed by atoms with Crippen molar-refractivity contribution in [2.24, 2.45) is 0 Å². The van der Waals surface area contributed by atoms with Crippen LogP contribution >= 0.6 is 0 Å². The van der Waals surface area contributed by atoms with E-state index in [0.29, 0.717) is 11.9 Å². The van der Waals surface area contributed by atoms with Gasteiger partial charge in [-0.05, 0) is 19.1 Å². The summed E-state index contributed by atoms with van der Waals surface area (Å²) in [6.07, 6.45) is -3.28. The number of cyclic esters (lactones) is 1. The van der Waals surface area contributed by atoms with Gasteiger partial charge in [0, 0.05) is 12.6 Å². The number of alkyl halides is 3. The topological polar surface area (TPSA) is 83.3 Å². The van der Waals surface area contributed by atoms with E-state index in [0.717, 1.165) is 12.1 Å². The third-order valence-electron chi connectivity index (χ3n) is 3.66. The molecular formula is C15H12F3N3O4. The highest BCUT2D eigenvalue weighted by Gasteiger charge is 2.32. The first-order chi connectivity index (χ1) is 11.8. The first kappa shape index (κ1) is 16.9. The molecule has 3 rings (SSSR count). The Morgan fingerprint density at radius 2 is 2.12 bits per heavy atom. The molecule has 0 unspecified atom stereocenters. The van der Waals surface area contributed by atoms with Crippen LogP contribution in [0.25, 0.3) is 5.82 Å². The maximum Gasteiger partial charge on any atom is 0.417 e. The zero-order chi connectivity index (χ0) is 18.2. The molecule has 1 atom stereocenters. The van der Waals surface area contributed by atoms with E-state index in [1.165, 1.54) is 17.8 Å². The summed E-state index contributed by atoms with van der Waals surface area (Å²) >= 11 is 0. The number of esters is 2. The molecule has 0 radical (unpaired) electrons. The van der Waals surface area contributed by atoms with Gasteiger partial charge < -0.3 is 9.47 Å². The number of hydrogen-bond acceptors (Lipinski definition) is 6. The number of aromatic nitrogens is 3. The van der Waals surface area contributed by atoms with Gasteiger partial charge in [-0.1, -0.05) is 0 Å². The molecule has 0 spiro atoms. The predicted molar refractivity (Wildman–Crippen MR) is 75.9 cm³/mol. The number of nitrogens with zero attached hydrogens (tertiary/aromatic N) is 3. The Morgan fingerprint density at radius 3 is 2.68 bits per heavy atom. The molecule has 2 aromatic heterocycles.